The summed E-state index contributed by atoms with van der Waals surface area (Å²) in [5, 5.41) is 4.10. The number of aromatic nitrogens is 4. The van der Waals surface area contributed by atoms with Crippen LogP contribution in [0, 0.1) is 0 Å². The van der Waals surface area contributed by atoms with E-state index in [4.69, 9.17) is 9.26 Å². The van der Waals surface area contributed by atoms with Gasteiger partial charge < -0.3 is 14.2 Å². The van der Waals surface area contributed by atoms with Gasteiger partial charge in [-0.25, -0.2) is 4.98 Å². The van der Waals surface area contributed by atoms with Gasteiger partial charge in [-0.3, -0.25) is 0 Å². The summed E-state index contributed by atoms with van der Waals surface area (Å²) in [7, 11) is 0. The zero-order valence-electron chi connectivity index (χ0n) is 11.3. The van der Waals surface area contributed by atoms with E-state index in [1.165, 1.54) is 0 Å². The van der Waals surface area contributed by atoms with Crippen LogP contribution in [0.3, 0.4) is 0 Å². The topological polar surface area (TPSA) is 76.8 Å². The minimum Gasteiger partial charge on any atom is -0.381 e. The van der Waals surface area contributed by atoms with Crippen LogP contribution in [-0.4, -0.2) is 33.3 Å². The zero-order valence-corrected chi connectivity index (χ0v) is 11.3. The number of aromatic amines is 1. The number of hydrogen-bond donors (Lipinski definition) is 1. The molecule has 0 amide bonds. The van der Waals surface area contributed by atoms with Crippen molar-refractivity contribution in [2.75, 3.05) is 13.2 Å². The maximum Gasteiger partial charge on any atom is 0.258 e. The number of ether oxygens (including phenoxy) is 1. The quantitative estimate of drug-likeness (QED) is 0.799. The molecule has 1 fully saturated rings. The Morgan fingerprint density at radius 3 is 2.86 bits per heavy atom. The molecular weight excluding hydrogens is 268 g/mol. The van der Waals surface area contributed by atoms with E-state index in [0.717, 1.165) is 35.8 Å². The molecule has 3 heterocycles. The molecule has 106 valence electrons. The molecule has 0 spiro atoms. The van der Waals surface area contributed by atoms with E-state index in [1.54, 1.807) is 12.4 Å². The van der Waals surface area contributed by atoms with Gasteiger partial charge in [0.2, 0.25) is 0 Å². The van der Waals surface area contributed by atoms with Gasteiger partial charge in [0.25, 0.3) is 5.89 Å². The summed E-state index contributed by atoms with van der Waals surface area (Å²) in [6.45, 7) is 1.43. The van der Waals surface area contributed by atoms with Crippen molar-refractivity contribution in [3.05, 3.63) is 42.5 Å². The number of imidazole rings is 1. The lowest BCUT2D eigenvalue weighted by Crippen LogP contribution is -1.99. The normalized spacial score (nSPS) is 18.2. The van der Waals surface area contributed by atoms with Gasteiger partial charge in [0.1, 0.15) is 5.82 Å². The Balaban J connectivity index is 1.74. The second-order valence-electron chi connectivity index (χ2n) is 5.00. The molecule has 1 aliphatic rings. The molecular formula is C15H14N4O2. The van der Waals surface area contributed by atoms with Gasteiger partial charge in [0, 0.05) is 30.5 Å². The summed E-state index contributed by atoms with van der Waals surface area (Å²) in [5.74, 6) is 2.26. The van der Waals surface area contributed by atoms with Crippen LogP contribution in [0.25, 0.3) is 22.8 Å². The number of benzene rings is 1. The first-order chi connectivity index (χ1) is 10.4. The van der Waals surface area contributed by atoms with Gasteiger partial charge in [-0.15, -0.1) is 0 Å². The minimum absolute atomic E-state index is 0.235. The molecule has 2 aromatic heterocycles. The lowest BCUT2D eigenvalue weighted by atomic mass is 10.1. The zero-order chi connectivity index (χ0) is 14.1. The fourth-order valence-electron chi connectivity index (χ4n) is 2.54. The van der Waals surface area contributed by atoms with Crippen molar-refractivity contribution in [2.45, 2.75) is 12.3 Å². The molecule has 0 radical (unpaired) electrons. The monoisotopic (exact) mass is 282 g/mol. The molecule has 3 aromatic rings. The van der Waals surface area contributed by atoms with Crippen molar-refractivity contribution in [1.82, 2.24) is 20.1 Å². The van der Waals surface area contributed by atoms with Crippen molar-refractivity contribution in [1.29, 1.82) is 0 Å². The molecule has 1 aliphatic heterocycles. The number of hydrogen-bond acceptors (Lipinski definition) is 5. The second-order valence-corrected chi connectivity index (χ2v) is 5.00. The average Bonchev–Trinajstić information content (AvgIpc) is 3.27. The van der Waals surface area contributed by atoms with E-state index in [2.05, 4.69) is 20.1 Å². The van der Waals surface area contributed by atoms with E-state index in [9.17, 15) is 0 Å². The third-order valence-corrected chi connectivity index (χ3v) is 3.65. The smallest absolute Gasteiger partial charge is 0.258 e. The van der Waals surface area contributed by atoms with Crippen molar-refractivity contribution >= 4 is 0 Å². The van der Waals surface area contributed by atoms with Gasteiger partial charge in [0.05, 0.1) is 12.2 Å². The summed E-state index contributed by atoms with van der Waals surface area (Å²) < 4.78 is 10.8. The molecule has 4 rings (SSSR count). The van der Waals surface area contributed by atoms with Crippen molar-refractivity contribution < 1.29 is 9.26 Å². The molecule has 0 aliphatic carbocycles. The average molecular weight is 282 g/mol. The van der Waals surface area contributed by atoms with Crippen molar-refractivity contribution in [3.63, 3.8) is 0 Å². The third-order valence-electron chi connectivity index (χ3n) is 3.65. The highest BCUT2D eigenvalue weighted by Gasteiger charge is 2.24. The van der Waals surface area contributed by atoms with Gasteiger partial charge in [0.15, 0.2) is 5.82 Å². The Morgan fingerprint density at radius 1 is 1.19 bits per heavy atom. The lowest BCUT2D eigenvalue weighted by molar-refractivity contribution is 0.192. The highest BCUT2D eigenvalue weighted by atomic mass is 16.5. The minimum atomic E-state index is 0.235. The van der Waals surface area contributed by atoms with Crippen molar-refractivity contribution in [2.24, 2.45) is 0 Å². The van der Waals surface area contributed by atoms with Crippen LogP contribution < -0.4 is 0 Å². The molecule has 0 saturated carbocycles. The molecule has 1 aromatic carbocycles. The first-order valence-corrected chi connectivity index (χ1v) is 6.92. The Kier molecular flexibility index (Phi) is 3.01. The molecule has 1 saturated heterocycles. The van der Waals surface area contributed by atoms with E-state index in [0.29, 0.717) is 12.5 Å². The summed E-state index contributed by atoms with van der Waals surface area (Å²) in [6, 6.07) is 7.85. The van der Waals surface area contributed by atoms with Crippen LogP contribution in [0.15, 0.2) is 41.2 Å². The molecule has 1 N–H and O–H groups in total. The van der Waals surface area contributed by atoms with Gasteiger partial charge >= 0.3 is 0 Å². The summed E-state index contributed by atoms with van der Waals surface area (Å²) in [4.78, 5) is 11.9. The van der Waals surface area contributed by atoms with Gasteiger partial charge in [-0.2, -0.15) is 4.98 Å². The number of H-pyrrole nitrogens is 1. The van der Waals surface area contributed by atoms with Crippen LogP contribution in [0.2, 0.25) is 0 Å². The first kappa shape index (κ1) is 12.3. The molecule has 0 bridgehead atoms. The van der Waals surface area contributed by atoms with Crippen LogP contribution in [0.1, 0.15) is 18.2 Å². The Labute approximate surface area is 121 Å². The number of rotatable bonds is 3. The van der Waals surface area contributed by atoms with E-state index in [-0.39, 0.29) is 5.92 Å². The van der Waals surface area contributed by atoms with Gasteiger partial charge in [-0.05, 0) is 12.5 Å². The molecule has 21 heavy (non-hydrogen) atoms. The van der Waals surface area contributed by atoms with E-state index in [1.807, 2.05) is 24.3 Å². The summed E-state index contributed by atoms with van der Waals surface area (Å²) >= 11 is 0. The van der Waals surface area contributed by atoms with Crippen LogP contribution in [0.4, 0.5) is 0 Å². The standard InChI is InChI=1S/C15H14N4O2/c1-2-4-12(11(3-1)14-16-6-7-17-14)15-18-13(19-21-15)10-5-8-20-9-10/h1-4,6-7,10H,5,8-9H2,(H,16,17)/t10-/m0/s1. The second kappa shape index (κ2) is 5.14. The van der Waals surface area contributed by atoms with Gasteiger partial charge in [-0.1, -0.05) is 23.4 Å². The molecule has 0 unspecified atom stereocenters. The largest absolute Gasteiger partial charge is 0.381 e. The van der Waals surface area contributed by atoms with Crippen molar-refractivity contribution in [3.8, 4) is 22.8 Å². The number of nitrogens with one attached hydrogen (secondary N) is 1. The fraction of sp³-hybridized carbons (Fsp3) is 0.267. The molecule has 1 atom stereocenters. The predicted molar refractivity (Wildman–Crippen MR) is 75.5 cm³/mol. The number of nitrogens with zero attached hydrogens (tertiary/aromatic N) is 3. The fourth-order valence-corrected chi connectivity index (χ4v) is 2.54. The molecule has 6 nitrogen and oxygen atoms in total. The highest BCUT2D eigenvalue weighted by Crippen LogP contribution is 2.30. The summed E-state index contributed by atoms with van der Waals surface area (Å²) in [6.07, 6.45) is 4.46. The third kappa shape index (κ3) is 2.23. The maximum atomic E-state index is 5.44. The Bertz CT molecular complexity index is 730. The highest BCUT2D eigenvalue weighted by molar-refractivity contribution is 5.76. The Hall–Kier alpha value is -2.47. The first-order valence-electron chi connectivity index (χ1n) is 6.92. The maximum absolute atomic E-state index is 5.44. The lowest BCUT2D eigenvalue weighted by Gasteiger charge is -2.02. The Morgan fingerprint density at radius 2 is 2.10 bits per heavy atom. The van der Waals surface area contributed by atoms with E-state index < -0.39 is 0 Å². The summed E-state index contributed by atoms with van der Waals surface area (Å²) in [5.41, 5.74) is 1.82. The van der Waals surface area contributed by atoms with Crippen LogP contribution in [-0.2, 0) is 4.74 Å². The van der Waals surface area contributed by atoms with Crippen LogP contribution >= 0.6 is 0 Å². The van der Waals surface area contributed by atoms with Crippen LogP contribution in [0.5, 0.6) is 0 Å². The molecule has 6 heteroatoms. The SMILES string of the molecule is c1ccc(-c2nc([C@H]3CCOC3)no2)c(-c2ncc[nH]2)c1. The van der Waals surface area contributed by atoms with E-state index >= 15 is 0 Å². The predicted octanol–water partition coefficient (Wildman–Crippen LogP) is 2.63.